The van der Waals surface area contributed by atoms with Crippen LogP contribution in [0.4, 0.5) is 0 Å². The van der Waals surface area contributed by atoms with Gasteiger partial charge in [0.1, 0.15) is 17.8 Å². The average Bonchev–Trinajstić information content (AvgIpc) is 3.10. The number of guanidine groups is 1. The van der Waals surface area contributed by atoms with Gasteiger partial charge in [0.05, 0.1) is 16.2 Å². The second-order valence-electron chi connectivity index (χ2n) is 12.7. The summed E-state index contributed by atoms with van der Waals surface area (Å²) in [6.07, 6.45) is 1.90. The third-order valence-electron chi connectivity index (χ3n) is 8.93. The van der Waals surface area contributed by atoms with Crippen molar-refractivity contribution in [3.05, 3.63) is 75.4 Å². The third-order valence-corrected chi connectivity index (χ3v) is 9.79. The predicted octanol–water partition coefficient (Wildman–Crippen LogP) is 1.41. The molecule has 1 heterocycles. The fourth-order valence-corrected chi connectivity index (χ4v) is 6.74. The standard InChI is InChI=1S/C36H45IN8O6/c1-3-7-29-34(51)42-27(10-6-15-40-35(38)39)33(50)43-28(18-22-11-13-24-8-4-5-9-25(24)16-22)32(49)41-20-31(48)44-36(21-46,45(29)2)19-23-12-14-30(47)26(37)17-23/h4-5,8-9,11-14,16-17,21,27-29,47H,3,6-7,10,15,18-20H2,1-2H3,(H,41,49)(H,42,51)(H,43,50)(H,44,48)(H4,38,39,40)/t27-,28-,29+,36+/m0/s1. The van der Waals surface area contributed by atoms with Gasteiger partial charge >= 0.3 is 0 Å². The molecule has 0 unspecified atom stereocenters. The Morgan fingerprint density at radius 3 is 2.39 bits per heavy atom. The molecule has 0 aromatic heterocycles. The third kappa shape index (κ3) is 10.4. The number of aromatic hydroxyl groups is 1. The van der Waals surface area contributed by atoms with Crippen molar-refractivity contribution in [2.24, 2.45) is 5.73 Å². The summed E-state index contributed by atoms with van der Waals surface area (Å²) in [5.41, 5.74) is 5.04. The largest absolute Gasteiger partial charge is 0.507 e. The number of fused-ring (bicyclic) bond motifs is 1. The second-order valence-corrected chi connectivity index (χ2v) is 13.8. The minimum Gasteiger partial charge on any atom is -0.507 e. The molecule has 9 N–H and O–H groups in total. The highest BCUT2D eigenvalue weighted by Gasteiger charge is 2.43. The van der Waals surface area contributed by atoms with Gasteiger partial charge in [0.15, 0.2) is 17.9 Å². The molecule has 1 saturated heterocycles. The molecule has 1 aliphatic heterocycles. The Labute approximate surface area is 310 Å². The molecule has 15 heteroatoms. The number of rotatable bonds is 11. The summed E-state index contributed by atoms with van der Waals surface area (Å²) in [5.74, 6) is -2.65. The monoisotopic (exact) mass is 812 g/mol. The molecule has 4 rings (SSSR count). The molecular weight excluding hydrogens is 767 g/mol. The molecule has 0 aliphatic carbocycles. The molecule has 1 fully saturated rings. The smallest absolute Gasteiger partial charge is 0.243 e. The van der Waals surface area contributed by atoms with E-state index in [4.69, 9.17) is 11.1 Å². The van der Waals surface area contributed by atoms with Gasteiger partial charge in [-0.15, -0.1) is 0 Å². The van der Waals surface area contributed by atoms with E-state index < -0.39 is 54.0 Å². The average molecular weight is 813 g/mol. The summed E-state index contributed by atoms with van der Waals surface area (Å²) in [4.78, 5) is 69.9. The van der Waals surface area contributed by atoms with Gasteiger partial charge in [-0.05, 0) is 82.9 Å². The van der Waals surface area contributed by atoms with Gasteiger partial charge in [0.2, 0.25) is 23.6 Å². The topological polar surface area (TPSA) is 219 Å². The number of likely N-dealkylation sites (N-methyl/N-ethyl adjacent to an activating group) is 1. The van der Waals surface area contributed by atoms with Crippen molar-refractivity contribution < 1.29 is 29.1 Å². The normalized spacial score (nSPS) is 22.2. The predicted molar refractivity (Wildman–Crippen MR) is 202 cm³/mol. The number of hydrogen-bond acceptors (Lipinski definition) is 8. The molecule has 51 heavy (non-hydrogen) atoms. The highest BCUT2D eigenvalue weighted by atomic mass is 127. The van der Waals surface area contributed by atoms with E-state index in [2.05, 4.69) is 26.6 Å². The van der Waals surface area contributed by atoms with E-state index in [-0.39, 0.29) is 43.9 Å². The molecule has 0 spiro atoms. The number of carbonyl (C=O) groups is 5. The van der Waals surface area contributed by atoms with Crippen LogP contribution in [0.15, 0.2) is 60.7 Å². The van der Waals surface area contributed by atoms with Crippen LogP contribution in [0.5, 0.6) is 5.75 Å². The molecule has 3 aromatic rings. The van der Waals surface area contributed by atoms with Crippen molar-refractivity contribution in [1.29, 1.82) is 5.41 Å². The first-order valence-electron chi connectivity index (χ1n) is 16.8. The Morgan fingerprint density at radius 2 is 1.71 bits per heavy atom. The van der Waals surface area contributed by atoms with E-state index in [9.17, 15) is 29.1 Å². The zero-order chi connectivity index (χ0) is 37.1. The van der Waals surface area contributed by atoms with Gasteiger partial charge in [-0.25, -0.2) is 0 Å². The lowest BCUT2D eigenvalue weighted by Crippen LogP contribution is -2.68. The molecular formula is C36H45IN8O6. The summed E-state index contributed by atoms with van der Waals surface area (Å²) in [7, 11) is 1.55. The number of hydrogen-bond donors (Lipinski definition) is 8. The van der Waals surface area contributed by atoms with Gasteiger partial charge in [-0.2, -0.15) is 0 Å². The van der Waals surface area contributed by atoms with Crippen LogP contribution in [-0.2, 0) is 36.8 Å². The maximum atomic E-state index is 14.1. The van der Waals surface area contributed by atoms with Crippen LogP contribution in [0, 0.1) is 8.98 Å². The van der Waals surface area contributed by atoms with Crippen LogP contribution in [-0.4, -0.2) is 89.8 Å². The van der Waals surface area contributed by atoms with Gasteiger partial charge in [-0.3, -0.25) is 34.3 Å². The quantitative estimate of drug-likeness (QED) is 0.0461. The Bertz CT molecular complexity index is 1770. The minimum absolute atomic E-state index is 0.0508. The van der Waals surface area contributed by atoms with E-state index >= 15 is 0 Å². The first-order chi connectivity index (χ1) is 24.3. The van der Waals surface area contributed by atoms with Gasteiger partial charge < -0.3 is 37.4 Å². The van der Waals surface area contributed by atoms with Crippen LogP contribution >= 0.6 is 22.6 Å². The first-order valence-corrected chi connectivity index (χ1v) is 17.8. The van der Waals surface area contributed by atoms with E-state index in [0.717, 1.165) is 16.3 Å². The number of nitrogens with two attached hydrogens (primary N) is 1. The SMILES string of the molecule is CCC[C@@H]1C(=O)N[C@@H](CCCNC(=N)N)C(=O)N[C@@H](Cc2ccc3ccccc3c2)C(=O)NCC(=O)N[C@](C=O)(Cc2ccc(O)c(I)c2)N1C. The summed E-state index contributed by atoms with van der Waals surface area (Å²) in [6, 6.07) is 15.1. The lowest BCUT2D eigenvalue weighted by atomic mass is 9.95. The number of halogens is 1. The summed E-state index contributed by atoms with van der Waals surface area (Å²) in [5, 5.41) is 33.3. The fraction of sp³-hybridized carbons (Fsp3) is 0.389. The van der Waals surface area contributed by atoms with Gasteiger partial charge in [0, 0.05) is 19.4 Å². The summed E-state index contributed by atoms with van der Waals surface area (Å²) >= 11 is 1.96. The van der Waals surface area contributed by atoms with Crippen molar-refractivity contribution in [2.75, 3.05) is 20.1 Å². The number of benzene rings is 3. The van der Waals surface area contributed by atoms with Gasteiger partial charge in [0.25, 0.3) is 0 Å². The highest BCUT2D eigenvalue weighted by molar-refractivity contribution is 14.1. The number of phenols is 1. The van der Waals surface area contributed by atoms with Crippen LogP contribution in [0.2, 0.25) is 0 Å². The molecule has 0 saturated carbocycles. The molecule has 1 aliphatic rings. The van der Waals surface area contributed by atoms with Crippen molar-refractivity contribution >= 4 is 69.2 Å². The molecule has 4 amide bonds. The maximum absolute atomic E-state index is 14.1. The summed E-state index contributed by atoms with van der Waals surface area (Å²) < 4.78 is 0.529. The number of nitrogens with zero attached hydrogens (tertiary/aromatic N) is 1. The molecule has 272 valence electrons. The molecule has 3 aromatic carbocycles. The second kappa shape index (κ2) is 17.9. The van der Waals surface area contributed by atoms with Crippen LogP contribution < -0.4 is 32.3 Å². The van der Waals surface area contributed by atoms with Crippen LogP contribution in [0.25, 0.3) is 10.8 Å². The molecule has 0 bridgehead atoms. The van der Waals surface area contributed by atoms with Crippen molar-refractivity contribution in [3.8, 4) is 5.75 Å². The number of amides is 4. The maximum Gasteiger partial charge on any atom is 0.243 e. The number of carbonyl (C=O) groups excluding carboxylic acids is 5. The highest BCUT2D eigenvalue weighted by Crippen LogP contribution is 2.26. The van der Waals surface area contributed by atoms with E-state index in [1.54, 1.807) is 19.2 Å². The minimum atomic E-state index is -1.75. The van der Waals surface area contributed by atoms with Crippen LogP contribution in [0.3, 0.4) is 0 Å². The number of phenolic OH excluding ortho intramolecular Hbond substituents is 1. The van der Waals surface area contributed by atoms with Crippen molar-refractivity contribution in [3.63, 3.8) is 0 Å². The summed E-state index contributed by atoms with van der Waals surface area (Å²) in [6.45, 7) is 1.63. The van der Waals surface area contributed by atoms with E-state index in [1.807, 2.05) is 72.0 Å². The van der Waals surface area contributed by atoms with E-state index in [1.165, 1.54) is 11.0 Å². The molecule has 0 radical (unpaired) electrons. The molecule has 4 atom stereocenters. The molecule has 14 nitrogen and oxygen atoms in total. The van der Waals surface area contributed by atoms with Gasteiger partial charge in [-0.1, -0.05) is 61.9 Å². The van der Waals surface area contributed by atoms with Crippen molar-refractivity contribution in [1.82, 2.24) is 31.5 Å². The fourth-order valence-electron chi connectivity index (χ4n) is 6.16. The lowest BCUT2D eigenvalue weighted by molar-refractivity contribution is -0.141. The Morgan fingerprint density at radius 1 is 1.00 bits per heavy atom. The zero-order valence-corrected chi connectivity index (χ0v) is 30.8. The first kappa shape index (κ1) is 39.0. The number of aldehydes is 1. The van der Waals surface area contributed by atoms with Crippen molar-refractivity contribution in [2.45, 2.75) is 69.2 Å². The zero-order valence-electron chi connectivity index (χ0n) is 28.6. The Kier molecular flexibility index (Phi) is 13.7. The Hall–Kier alpha value is -4.77. The lowest BCUT2D eigenvalue weighted by Gasteiger charge is -2.42. The number of nitrogens with one attached hydrogen (secondary N) is 6. The van der Waals surface area contributed by atoms with E-state index in [0.29, 0.717) is 28.3 Å². The van der Waals surface area contributed by atoms with Crippen LogP contribution in [0.1, 0.15) is 43.7 Å². The Balaban J connectivity index is 1.73.